The molecule has 0 radical (unpaired) electrons. The van der Waals surface area contributed by atoms with E-state index in [9.17, 15) is 0 Å². The van der Waals surface area contributed by atoms with E-state index in [-0.39, 0.29) is 24.6 Å². The quantitative estimate of drug-likeness (QED) is 0.184. The van der Waals surface area contributed by atoms with Crippen molar-refractivity contribution < 1.29 is 22.6 Å². The van der Waals surface area contributed by atoms with Gasteiger partial charge < -0.3 is 49.0 Å². The Bertz CT molecular complexity index is 159. The third-order valence-electron chi connectivity index (χ3n) is 0. The van der Waals surface area contributed by atoms with E-state index in [0.29, 0.717) is 0 Å². The molecule has 88 valence electrons. The standard InChI is InChI=1S/NO3.4H3N.H2O4S/c2-1(3)4;;;;;1-5(2,3)4/h;4*1H3;(H2,1,2,3,4)/q-1;;;;;/p+1. The van der Waals surface area contributed by atoms with Gasteiger partial charge in [-0.05, 0) is 0 Å². The molecule has 0 aromatic carbocycles. The molecule has 0 aromatic rings. The molecule has 0 atom stereocenters. The zero-order valence-corrected chi connectivity index (χ0v) is 8.24. The number of quaternary nitrogens is 3. The number of nitrogens with zero attached hydrogens (tertiary/aromatic N) is 1. The second-order valence-corrected chi connectivity index (χ2v) is 1.45. The van der Waals surface area contributed by atoms with Gasteiger partial charge in [0.2, 0.25) is 0 Å². The van der Waals surface area contributed by atoms with Crippen molar-refractivity contribution >= 4 is 10.4 Å². The third-order valence-corrected chi connectivity index (χ3v) is 0. The van der Waals surface area contributed by atoms with Crippen LogP contribution in [-0.4, -0.2) is 22.6 Å². The molecular formula is H15N5O7S. The highest BCUT2D eigenvalue weighted by Crippen LogP contribution is 1.57. The molecule has 0 aliphatic rings. The summed E-state index contributed by atoms with van der Waals surface area (Å²) in [4.78, 5) is 8.25. The fraction of sp³-hybridized carbons (Fsp3) is 0. The van der Waals surface area contributed by atoms with E-state index >= 15 is 0 Å². The SMILES string of the molecule is N.O=S(=O)([O-])[O-].O=[N+]([O-])[O-].[NH4+].[NH4+].[NH4+]. The highest BCUT2D eigenvalue weighted by atomic mass is 32.3. The molecule has 0 aromatic heterocycles. The molecule has 0 saturated carbocycles. The largest absolute Gasteiger partial charge is 0.759 e. The second-order valence-electron chi connectivity index (χ2n) is 0.632. The van der Waals surface area contributed by atoms with Crippen molar-refractivity contribution in [1.29, 1.82) is 0 Å². The Hall–Kier alpha value is -1.09. The van der Waals surface area contributed by atoms with Crippen LogP contribution in [0.2, 0.25) is 0 Å². The van der Waals surface area contributed by atoms with Gasteiger partial charge in [-0.3, -0.25) is 8.42 Å². The topological polar surface area (TPSA) is 291 Å². The maximum Gasteiger partial charge on any atom is 0.0689 e. The van der Waals surface area contributed by atoms with Crippen LogP contribution < -0.4 is 24.6 Å². The number of rotatable bonds is 0. The lowest BCUT2D eigenvalue weighted by atomic mass is 13.1. The molecule has 0 bridgehead atoms. The molecule has 12 nitrogen and oxygen atoms in total. The van der Waals surface area contributed by atoms with Crippen molar-refractivity contribution in [3.63, 3.8) is 0 Å². The molecule has 13 heavy (non-hydrogen) atoms. The van der Waals surface area contributed by atoms with E-state index in [0.717, 1.165) is 0 Å². The Balaban J connectivity index is -0.0000000146. The Morgan fingerprint density at radius 2 is 0.923 bits per heavy atom. The summed E-state index contributed by atoms with van der Waals surface area (Å²) in [6.45, 7) is 0. The maximum atomic E-state index is 8.52. The maximum absolute atomic E-state index is 8.52. The summed E-state index contributed by atoms with van der Waals surface area (Å²) in [6, 6.07) is 0. The van der Waals surface area contributed by atoms with Gasteiger partial charge >= 0.3 is 0 Å². The van der Waals surface area contributed by atoms with E-state index in [1.807, 2.05) is 0 Å². The van der Waals surface area contributed by atoms with Crippen LogP contribution in [0.25, 0.3) is 0 Å². The minimum atomic E-state index is -5.17. The molecule has 0 heterocycles. The van der Waals surface area contributed by atoms with Crippen LogP contribution in [0.1, 0.15) is 0 Å². The van der Waals surface area contributed by atoms with Gasteiger partial charge in [0.25, 0.3) is 0 Å². The van der Waals surface area contributed by atoms with Gasteiger partial charge in [-0.15, -0.1) is 0 Å². The third kappa shape index (κ3) is 729. The molecule has 13 heteroatoms. The minimum absolute atomic E-state index is 0. The Morgan fingerprint density at radius 3 is 0.923 bits per heavy atom. The predicted molar refractivity (Wildman–Crippen MR) is 43.8 cm³/mol. The first kappa shape index (κ1) is 40.6. The molecule has 0 spiro atoms. The van der Waals surface area contributed by atoms with Gasteiger partial charge in [-0.25, -0.2) is 0 Å². The molecule has 0 fully saturated rings. The van der Waals surface area contributed by atoms with Gasteiger partial charge in [-0.1, -0.05) is 0 Å². The van der Waals surface area contributed by atoms with Crippen molar-refractivity contribution in [1.82, 2.24) is 24.6 Å². The van der Waals surface area contributed by atoms with Gasteiger partial charge in [-0.2, -0.15) is 0 Å². The van der Waals surface area contributed by atoms with Crippen molar-refractivity contribution in [3.05, 3.63) is 15.3 Å². The van der Waals surface area contributed by atoms with E-state index in [4.69, 9.17) is 32.8 Å². The first-order valence-corrected chi connectivity index (χ1v) is 2.55. The highest BCUT2D eigenvalue weighted by Gasteiger charge is 1.49. The van der Waals surface area contributed by atoms with Crippen molar-refractivity contribution in [2.75, 3.05) is 0 Å². The van der Waals surface area contributed by atoms with Gasteiger partial charge in [0.15, 0.2) is 0 Å². The summed E-state index contributed by atoms with van der Waals surface area (Å²) < 4.78 is 34.1. The molecule has 0 saturated heterocycles. The zero-order valence-electron chi connectivity index (χ0n) is 7.42. The summed E-state index contributed by atoms with van der Waals surface area (Å²) in [5.74, 6) is 0. The second kappa shape index (κ2) is 17.1. The van der Waals surface area contributed by atoms with E-state index in [2.05, 4.69) is 0 Å². The molecule has 0 unspecified atom stereocenters. The average Bonchev–Trinajstić information content (AvgIpc) is 1.19. The van der Waals surface area contributed by atoms with Gasteiger partial charge in [0.1, 0.15) is 0 Å². The van der Waals surface area contributed by atoms with Gasteiger partial charge in [0, 0.05) is 10.4 Å². The van der Waals surface area contributed by atoms with Crippen molar-refractivity contribution in [2.24, 2.45) is 0 Å². The summed E-state index contributed by atoms with van der Waals surface area (Å²) in [7, 11) is -5.17. The Morgan fingerprint density at radius 1 is 0.923 bits per heavy atom. The van der Waals surface area contributed by atoms with Crippen LogP contribution in [0.15, 0.2) is 0 Å². The molecule has 0 amide bonds. The zero-order chi connectivity index (χ0) is 8.08. The summed E-state index contributed by atoms with van der Waals surface area (Å²) in [5.41, 5.74) is 0. The van der Waals surface area contributed by atoms with Crippen LogP contribution in [-0.2, 0) is 10.4 Å². The Kier molecular flexibility index (Phi) is 53.5. The first-order valence-electron chi connectivity index (χ1n) is 1.21. The molecule has 15 N–H and O–H groups in total. The lowest BCUT2D eigenvalue weighted by molar-refractivity contribution is -0.402. The molecule has 0 aliphatic heterocycles. The normalized spacial score (nSPS) is 6.31. The minimum Gasteiger partial charge on any atom is -0.759 e. The van der Waals surface area contributed by atoms with E-state index < -0.39 is 15.5 Å². The van der Waals surface area contributed by atoms with Crippen LogP contribution in [0, 0.1) is 15.3 Å². The van der Waals surface area contributed by atoms with E-state index in [1.165, 1.54) is 0 Å². The fourth-order valence-corrected chi connectivity index (χ4v) is 0. The smallest absolute Gasteiger partial charge is 0.0689 e. The van der Waals surface area contributed by atoms with Crippen LogP contribution in [0.4, 0.5) is 0 Å². The summed E-state index contributed by atoms with van der Waals surface area (Å²) in [5, 5.41) is 14.8. The summed E-state index contributed by atoms with van der Waals surface area (Å²) in [6.07, 6.45) is 0. The molecule has 0 rings (SSSR count). The number of hydrogen-bond acceptors (Lipinski definition) is 8. The van der Waals surface area contributed by atoms with E-state index in [1.54, 1.807) is 0 Å². The molecular weight excluding hydrogens is 214 g/mol. The lowest BCUT2D eigenvalue weighted by Gasteiger charge is -2.06. The van der Waals surface area contributed by atoms with Crippen molar-refractivity contribution in [3.8, 4) is 0 Å². The summed E-state index contributed by atoms with van der Waals surface area (Å²) >= 11 is 0. The first-order chi connectivity index (χ1) is 3.73. The monoisotopic (exact) mass is 229 g/mol. The van der Waals surface area contributed by atoms with Crippen LogP contribution in [0.3, 0.4) is 0 Å². The molecule has 0 aliphatic carbocycles. The van der Waals surface area contributed by atoms with Crippen LogP contribution in [0.5, 0.6) is 0 Å². The predicted octanol–water partition coefficient (Wildman–Crippen LogP) is -0.286. The lowest BCUT2D eigenvalue weighted by Crippen LogP contribution is -1.91. The fourth-order valence-electron chi connectivity index (χ4n) is 0. The Labute approximate surface area is 74.0 Å². The van der Waals surface area contributed by atoms with Crippen LogP contribution >= 0.6 is 0 Å². The average molecular weight is 229 g/mol. The van der Waals surface area contributed by atoms with Gasteiger partial charge in [0.05, 0.1) is 5.09 Å². The highest BCUT2D eigenvalue weighted by molar-refractivity contribution is 7.79. The number of hydrogen-bond donors (Lipinski definition) is 4. The van der Waals surface area contributed by atoms with Crippen molar-refractivity contribution in [2.45, 2.75) is 0 Å².